The molecular formula is C21H23BrN2O3. The van der Waals surface area contributed by atoms with Crippen LogP contribution in [0.1, 0.15) is 40.5 Å². The smallest absolute Gasteiger partial charge is 0.338 e. The van der Waals surface area contributed by atoms with E-state index in [0.717, 1.165) is 36.1 Å². The van der Waals surface area contributed by atoms with Crippen molar-refractivity contribution in [3.05, 3.63) is 64.1 Å². The van der Waals surface area contributed by atoms with E-state index < -0.39 is 0 Å². The number of piperidine rings is 1. The summed E-state index contributed by atoms with van der Waals surface area (Å²) in [6, 6.07) is 15.1. The third-order valence-corrected chi connectivity index (χ3v) is 5.38. The molecule has 1 fully saturated rings. The Morgan fingerprint density at radius 2 is 1.78 bits per heavy atom. The minimum atomic E-state index is -0.294. The van der Waals surface area contributed by atoms with Gasteiger partial charge in [0.25, 0.3) is 5.91 Å². The number of anilines is 1. The highest BCUT2D eigenvalue weighted by molar-refractivity contribution is 9.10. The van der Waals surface area contributed by atoms with Gasteiger partial charge in [-0.05, 0) is 72.1 Å². The summed E-state index contributed by atoms with van der Waals surface area (Å²) in [6.45, 7) is 3.89. The molecule has 3 rings (SSSR count). The number of rotatable bonds is 5. The van der Waals surface area contributed by atoms with Crippen LogP contribution in [0.5, 0.6) is 0 Å². The van der Waals surface area contributed by atoms with Gasteiger partial charge in [0, 0.05) is 29.3 Å². The first-order valence-corrected chi connectivity index (χ1v) is 9.95. The molecule has 1 aliphatic heterocycles. The molecule has 2 aromatic carbocycles. The summed E-state index contributed by atoms with van der Waals surface area (Å²) in [5, 5.41) is 3.13. The first-order chi connectivity index (χ1) is 13.1. The molecule has 1 heterocycles. The van der Waals surface area contributed by atoms with Crippen LogP contribution < -0.4 is 10.2 Å². The molecule has 1 amide bonds. The molecule has 0 bridgehead atoms. The Bertz CT molecular complexity index is 799. The third-order valence-electron chi connectivity index (χ3n) is 4.69. The van der Waals surface area contributed by atoms with Gasteiger partial charge in [-0.2, -0.15) is 0 Å². The second kappa shape index (κ2) is 9.04. The molecule has 1 saturated heterocycles. The Kier molecular flexibility index (Phi) is 6.50. The third kappa shape index (κ3) is 4.89. The summed E-state index contributed by atoms with van der Waals surface area (Å²) < 4.78 is 5.82. The highest BCUT2D eigenvalue weighted by Crippen LogP contribution is 2.22. The van der Waals surface area contributed by atoms with Crippen molar-refractivity contribution in [1.29, 1.82) is 0 Å². The lowest BCUT2D eigenvalue weighted by Crippen LogP contribution is -2.44. The summed E-state index contributed by atoms with van der Waals surface area (Å²) in [5.74, 6) is -0.336. The Labute approximate surface area is 167 Å². The fraction of sp³-hybridized carbons (Fsp3) is 0.333. The van der Waals surface area contributed by atoms with Gasteiger partial charge in [-0.25, -0.2) is 4.79 Å². The molecule has 0 saturated carbocycles. The molecule has 6 heteroatoms. The predicted molar refractivity (Wildman–Crippen MR) is 109 cm³/mol. The molecule has 0 aromatic heterocycles. The summed E-state index contributed by atoms with van der Waals surface area (Å²) in [4.78, 5) is 26.5. The van der Waals surface area contributed by atoms with E-state index in [0.29, 0.717) is 17.7 Å². The van der Waals surface area contributed by atoms with Crippen LogP contribution in [0.3, 0.4) is 0 Å². The number of nitrogens with zero attached hydrogens (tertiary/aromatic N) is 1. The molecule has 27 heavy (non-hydrogen) atoms. The number of nitrogens with one attached hydrogen (secondary N) is 1. The lowest BCUT2D eigenvalue weighted by Gasteiger charge is -2.34. The van der Waals surface area contributed by atoms with Gasteiger partial charge >= 0.3 is 5.97 Å². The molecule has 0 spiro atoms. The number of hydrogen-bond acceptors (Lipinski definition) is 4. The van der Waals surface area contributed by atoms with Gasteiger partial charge in [0.15, 0.2) is 0 Å². The van der Waals surface area contributed by atoms with Crippen LogP contribution in [-0.4, -0.2) is 37.6 Å². The van der Waals surface area contributed by atoms with E-state index in [9.17, 15) is 9.59 Å². The molecule has 1 aliphatic rings. The van der Waals surface area contributed by atoms with Gasteiger partial charge in [-0.15, -0.1) is 0 Å². The van der Waals surface area contributed by atoms with Gasteiger partial charge in [-0.3, -0.25) is 4.79 Å². The molecule has 2 aromatic rings. The van der Waals surface area contributed by atoms with Crippen LogP contribution >= 0.6 is 15.9 Å². The molecule has 1 N–H and O–H groups in total. The fourth-order valence-electron chi connectivity index (χ4n) is 3.21. The normalized spacial score (nSPS) is 14.7. The summed E-state index contributed by atoms with van der Waals surface area (Å²) in [7, 11) is 0. The molecule has 0 radical (unpaired) electrons. The highest BCUT2D eigenvalue weighted by atomic mass is 79.9. The van der Waals surface area contributed by atoms with Crippen molar-refractivity contribution in [1.82, 2.24) is 5.32 Å². The number of amides is 1. The Morgan fingerprint density at radius 3 is 2.41 bits per heavy atom. The van der Waals surface area contributed by atoms with Gasteiger partial charge < -0.3 is 15.0 Å². The summed E-state index contributed by atoms with van der Waals surface area (Å²) in [5.41, 5.74) is 2.31. The zero-order valence-electron chi connectivity index (χ0n) is 15.3. The zero-order chi connectivity index (χ0) is 19.2. The standard InChI is InChI=1S/C21H23BrN2O3/c1-2-27-21(26)15-7-9-17(10-8-15)24-13-11-16(12-14-24)23-20(25)18-5-3-4-6-19(18)22/h3-10,16H,2,11-14H2,1H3,(H,23,25). The number of carbonyl (C=O) groups is 2. The maximum absolute atomic E-state index is 12.4. The van der Waals surface area contributed by atoms with Gasteiger partial charge in [0.05, 0.1) is 17.7 Å². The average Bonchev–Trinajstić information content (AvgIpc) is 2.69. The minimum absolute atomic E-state index is 0.0419. The van der Waals surface area contributed by atoms with Crippen LogP contribution in [0.2, 0.25) is 0 Å². The second-order valence-corrected chi connectivity index (χ2v) is 7.34. The number of benzene rings is 2. The van der Waals surface area contributed by atoms with Crippen molar-refractivity contribution in [2.75, 3.05) is 24.6 Å². The summed E-state index contributed by atoms with van der Waals surface area (Å²) in [6.07, 6.45) is 1.77. The van der Waals surface area contributed by atoms with E-state index in [-0.39, 0.29) is 17.9 Å². The van der Waals surface area contributed by atoms with Crippen molar-refractivity contribution in [2.45, 2.75) is 25.8 Å². The first-order valence-electron chi connectivity index (χ1n) is 9.16. The van der Waals surface area contributed by atoms with Crippen LogP contribution in [0, 0.1) is 0 Å². The first kappa shape index (κ1) is 19.4. The quantitative estimate of drug-likeness (QED) is 0.727. The second-order valence-electron chi connectivity index (χ2n) is 6.48. The lowest BCUT2D eigenvalue weighted by atomic mass is 10.0. The van der Waals surface area contributed by atoms with Crippen molar-refractivity contribution in [2.24, 2.45) is 0 Å². The van der Waals surface area contributed by atoms with E-state index in [2.05, 4.69) is 26.1 Å². The van der Waals surface area contributed by atoms with Gasteiger partial charge in [0.2, 0.25) is 0 Å². The molecular weight excluding hydrogens is 408 g/mol. The van der Waals surface area contributed by atoms with Gasteiger partial charge in [-0.1, -0.05) is 12.1 Å². The zero-order valence-corrected chi connectivity index (χ0v) is 16.9. The number of carbonyl (C=O) groups excluding carboxylic acids is 2. The lowest BCUT2D eigenvalue weighted by molar-refractivity contribution is 0.0526. The SMILES string of the molecule is CCOC(=O)c1ccc(N2CCC(NC(=O)c3ccccc3Br)CC2)cc1. The topological polar surface area (TPSA) is 58.6 Å². The minimum Gasteiger partial charge on any atom is -0.462 e. The van der Waals surface area contributed by atoms with Crippen molar-refractivity contribution < 1.29 is 14.3 Å². The Balaban J connectivity index is 1.53. The number of hydrogen-bond donors (Lipinski definition) is 1. The van der Waals surface area contributed by atoms with Gasteiger partial charge in [0.1, 0.15) is 0 Å². The predicted octanol–water partition coefficient (Wildman–Crippen LogP) is 4.02. The molecule has 5 nitrogen and oxygen atoms in total. The number of esters is 1. The van der Waals surface area contributed by atoms with E-state index in [1.54, 1.807) is 19.1 Å². The molecule has 142 valence electrons. The van der Waals surface area contributed by atoms with Crippen LogP contribution in [0.15, 0.2) is 53.0 Å². The summed E-state index contributed by atoms with van der Waals surface area (Å²) >= 11 is 3.43. The van der Waals surface area contributed by atoms with Crippen molar-refractivity contribution in [3.63, 3.8) is 0 Å². The largest absolute Gasteiger partial charge is 0.462 e. The average molecular weight is 431 g/mol. The van der Waals surface area contributed by atoms with E-state index >= 15 is 0 Å². The molecule has 0 unspecified atom stereocenters. The molecule has 0 aliphatic carbocycles. The maximum Gasteiger partial charge on any atom is 0.338 e. The van der Waals surface area contributed by atoms with Crippen molar-refractivity contribution >= 4 is 33.5 Å². The highest BCUT2D eigenvalue weighted by Gasteiger charge is 2.22. The van der Waals surface area contributed by atoms with E-state index in [4.69, 9.17) is 4.74 Å². The molecule has 0 atom stereocenters. The number of ether oxygens (including phenoxy) is 1. The maximum atomic E-state index is 12.4. The number of halogens is 1. The van der Waals surface area contributed by atoms with Crippen LogP contribution in [0.25, 0.3) is 0 Å². The monoisotopic (exact) mass is 430 g/mol. The Hall–Kier alpha value is -2.34. The van der Waals surface area contributed by atoms with E-state index in [1.807, 2.05) is 36.4 Å². The van der Waals surface area contributed by atoms with Crippen molar-refractivity contribution in [3.8, 4) is 0 Å². The fourth-order valence-corrected chi connectivity index (χ4v) is 3.68. The van der Waals surface area contributed by atoms with Crippen LogP contribution in [-0.2, 0) is 4.74 Å². The van der Waals surface area contributed by atoms with E-state index in [1.165, 1.54) is 0 Å². The van der Waals surface area contributed by atoms with Crippen LogP contribution in [0.4, 0.5) is 5.69 Å². The Morgan fingerprint density at radius 1 is 1.11 bits per heavy atom.